The maximum absolute atomic E-state index is 9.67. The van der Waals surface area contributed by atoms with Crippen LogP contribution < -0.4 is 4.70 Å². The van der Waals surface area contributed by atoms with Gasteiger partial charge < -0.3 is 4.70 Å². The van der Waals surface area contributed by atoms with Crippen LogP contribution >= 0.6 is 18.1 Å². The summed E-state index contributed by atoms with van der Waals surface area (Å²) in [5.41, 5.74) is 20.1. The van der Waals surface area contributed by atoms with Crippen molar-refractivity contribution in [2.24, 2.45) is 0 Å². The van der Waals surface area contributed by atoms with Gasteiger partial charge in [-0.25, -0.2) is 4.42 Å². The maximum atomic E-state index is 9.67. The van der Waals surface area contributed by atoms with E-state index in [4.69, 9.17) is 4.42 Å². The van der Waals surface area contributed by atoms with Crippen LogP contribution in [0.15, 0.2) is 162 Å². The van der Waals surface area contributed by atoms with Crippen molar-refractivity contribution in [1.29, 1.82) is 0 Å². The highest BCUT2D eigenvalue weighted by atomic mass is 31.0. The molecule has 316 valence electrons. The molecule has 8 rings (SSSR count). The molecule has 0 bridgehead atoms. The minimum atomic E-state index is -3.67. The van der Waals surface area contributed by atoms with Crippen LogP contribution in [-0.4, -0.2) is 7.54 Å². The van der Waals surface area contributed by atoms with Crippen LogP contribution in [0.5, 0.6) is 0 Å². The Morgan fingerprint density at radius 3 is 0.968 bits per heavy atom. The number of halogens is 4. The van der Waals surface area contributed by atoms with Crippen LogP contribution in [0, 0.1) is 55.4 Å². The second-order valence-corrected chi connectivity index (χ2v) is 16.6. The highest BCUT2D eigenvalue weighted by Gasteiger charge is 2.23. The molecule has 0 aliphatic rings. The van der Waals surface area contributed by atoms with Gasteiger partial charge in [0.1, 0.15) is 0 Å². The topological polar surface area (TPSA) is 11.3 Å². The molecule has 0 saturated carbocycles. The minimum absolute atomic E-state index is 0. The lowest BCUT2D eigenvalue weighted by Crippen LogP contribution is -3.00. The van der Waals surface area contributed by atoms with E-state index in [1.54, 1.807) is 0 Å². The molecule has 6 aromatic carbocycles. The average molecular weight is 867 g/mol. The highest BCUT2D eigenvalue weighted by molar-refractivity contribution is 7.37. The fraction of sp³-hybridized carbons (Fsp3) is 0.148. The van der Waals surface area contributed by atoms with Gasteiger partial charge in [-0.05, 0) is 130 Å². The van der Waals surface area contributed by atoms with E-state index < -0.39 is 7.54 Å². The summed E-state index contributed by atoms with van der Waals surface area (Å²) in [5, 5.41) is 2.74. The monoisotopic (exact) mass is 866 g/mol. The Hall–Kier alpha value is -5.67. The van der Waals surface area contributed by atoms with Crippen molar-refractivity contribution < 1.29 is 22.1 Å². The lowest BCUT2D eigenvalue weighted by molar-refractivity contribution is -0.0000156. The van der Waals surface area contributed by atoms with Crippen LogP contribution in [-0.2, 0) is 0 Å². The number of hydrogen-bond acceptors (Lipinski definition) is 0. The second-order valence-electron chi connectivity index (χ2n) is 15.5. The standard InChI is InChI=1S/C27H25O.C27H25P.BF3.FH.H3P/c2*1-18-10-12-24(20(3)14-18)26-16-23(22-8-6-5-7-9-22)17-27(28-26)25-13-11-19(2)15-21(25)4;2-1(3)4;;/h2*5-17H,1-4H3;;1H;1H3/q+1;;;;/p-1. The van der Waals surface area contributed by atoms with Crippen LogP contribution in [0.3, 0.4) is 0 Å². The number of rotatable bonds is 6. The van der Waals surface area contributed by atoms with E-state index in [1.807, 2.05) is 6.07 Å². The number of aryl methyl sites for hydroxylation is 8. The molecule has 62 heavy (non-hydrogen) atoms. The summed E-state index contributed by atoms with van der Waals surface area (Å²) >= 11 is 0. The molecule has 8 heteroatoms. The van der Waals surface area contributed by atoms with Crippen molar-refractivity contribution in [1.82, 2.24) is 0 Å². The Morgan fingerprint density at radius 1 is 0.371 bits per heavy atom. The zero-order valence-electron chi connectivity index (χ0n) is 36.7. The van der Waals surface area contributed by atoms with Gasteiger partial charge in [-0.15, -0.1) is 0 Å². The molecular formula is C54H53BF4OP2. The molecule has 0 spiro atoms. The summed E-state index contributed by atoms with van der Waals surface area (Å²) in [6.45, 7) is 17.3. The molecule has 0 saturated heterocycles. The van der Waals surface area contributed by atoms with E-state index in [-0.39, 0.29) is 14.6 Å². The van der Waals surface area contributed by atoms with Gasteiger partial charge in [0, 0.05) is 16.2 Å². The van der Waals surface area contributed by atoms with E-state index in [1.165, 1.54) is 91.1 Å². The lowest BCUT2D eigenvalue weighted by Gasteiger charge is -2.14. The van der Waals surface area contributed by atoms with Crippen LogP contribution in [0.4, 0.5) is 12.9 Å². The van der Waals surface area contributed by atoms with Crippen molar-refractivity contribution in [2.45, 2.75) is 55.4 Å². The summed E-state index contributed by atoms with van der Waals surface area (Å²) in [4.78, 5) is 0. The summed E-state index contributed by atoms with van der Waals surface area (Å²) in [5.74, 6) is 1.79. The Labute approximate surface area is 370 Å². The average Bonchev–Trinajstić information content (AvgIpc) is 3.21. The zero-order valence-corrected chi connectivity index (χ0v) is 39.0. The Morgan fingerprint density at radius 2 is 0.661 bits per heavy atom. The van der Waals surface area contributed by atoms with E-state index in [0.717, 1.165) is 28.2 Å². The third-order valence-electron chi connectivity index (χ3n) is 10.4. The van der Waals surface area contributed by atoms with Gasteiger partial charge in [-0.2, -0.15) is 9.90 Å². The summed E-state index contributed by atoms with van der Waals surface area (Å²) in [6.07, 6.45) is 0. The quantitative estimate of drug-likeness (QED) is 0.0701. The molecule has 0 fully saturated rings. The minimum Gasteiger partial charge on any atom is -1.00 e. The zero-order chi connectivity index (χ0) is 42.9. The largest absolute Gasteiger partial charge is 1.00 e. The smallest absolute Gasteiger partial charge is 0.762 e. The van der Waals surface area contributed by atoms with Crippen molar-refractivity contribution in [3.05, 3.63) is 202 Å². The van der Waals surface area contributed by atoms with Gasteiger partial charge >= 0.3 is 19.1 Å². The van der Waals surface area contributed by atoms with Gasteiger partial charge in [0.05, 0.1) is 23.3 Å². The van der Waals surface area contributed by atoms with Gasteiger partial charge in [0.2, 0.25) is 0 Å². The molecule has 1 nitrogen and oxygen atoms in total. The fourth-order valence-electron chi connectivity index (χ4n) is 7.55. The Kier molecular flexibility index (Phi) is 17.7. The molecule has 0 radical (unpaired) electrons. The molecule has 8 aromatic rings. The van der Waals surface area contributed by atoms with Crippen LogP contribution in [0.2, 0.25) is 0 Å². The molecule has 0 amide bonds. The molecular weight excluding hydrogens is 813 g/mol. The highest BCUT2D eigenvalue weighted by Crippen LogP contribution is 2.43. The maximum Gasteiger partial charge on any atom is 0.762 e. The normalized spacial score (nSPS) is 10.2. The first-order valence-corrected chi connectivity index (χ1v) is 21.0. The predicted octanol–water partition coefficient (Wildman–Crippen LogP) is 14.2. The molecule has 2 aromatic heterocycles. The molecule has 0 aliphatic carbocycles. The van der Waals surface area contributed by atoms with Gasteiger partial charge in [0.15, 0.2) is 0 Å². The van der Waals surface area contributed by atoms with Crippen molar-refractivity contribution >= 4 is 25.6 Å². The number of benzene rings is 6. The van der Waals surface area contributed by atoms with Crippen molar-refractivity contribution in [3.63, 3.8) is 0 Å². The van der Waals surface area contributed by atoms with Crippen LogP contribution in [0.25, 0.3) is 66.6 Å². The number of hydrogen-bond donors (Lipinski definition) is 0. The van der Waals surface area contributed by atoms with E-state index in [0.29, 0.717) is 0 Å². The molecule has 0 aliphatic heterocycles. The van der Waals surface area contributed by atoms with E-state index in [2.05, 4.69) is 207 Å². The lowest BCUT2D eigenvalue weighted by atomic mass is 9.97. The second kappa shape index (κ2) is 22.4. The molecule has 2 heterocycles. The van der Waals surface area contributed by atoms with Crippen molar-refractivity contribution in [3.8, 4) is 66.6 Å². The molecule has 0 N–H and O–H groups in total. The fourth-order valence-corrected chi connectivity index (χ4v) is 8.96. The Balaban J connectivity index is 0.000000244. The van der Waals surface area contributed by atoms with Gasteiger partial charge in [0.25, 0.3) is 0 Å². The first-order valence-electron chi connectivity index (χ1n) is 20.1. The third-order valence-corrected chi connectivity index (χ3v) is 11.7. The molecule has 1 atom stereocenters. The van der Waals surface area contributed by atoms with E-state index >= 15 is 0 Å². The Bertz CT molecular complexity index is 2410. The summed E-state index contributed by atoms with van der Waals surface area (Å²) in [7, 11) is -2.40. The summed E-state index contributed by atoms with van der Waals surface area (Å²) in [6, 6.07) is 56.8. The van der Waals surface area contributed by atoms with Gasteiger partial charge in [-0.3, -0.25) is 12.9 Å². The first-order chi connectivity index (χ1) is 28.7. The first kappa shape index (κ1) is 49.0. The van der Waals surface area contributed by atoms with Crippen molar-refractivity contribution in [2.75, 3.05) is 0 Å². The van der Waals surface area contributed by atoms with E-state index in [9.17, 15) is 12.9 Å². The SMILES string of the molecule is Cc1ccc(-c2cc(-c3ccccc3)cc(-c3ccc(C)cc3C)[o+]2)c(C)c1.Cc1ccc(-c2cc(-c3ccccc3)cc(-c3ccc(C)cc3C)p2)c(C)c1.FB(F)F.P.[F-]. The predicted molar refractivity (Wildman–Crippen MR) is 263 cm³/mol. The third kappa shape index (κ3) is 12.7. The van der Waals surface area contributed by atoms with Crippen LogP contribution in [0.1, 0.15) is 44.5 Å². The molecule has 1 unspecified atom stereocenters. The van der Waals surface area contributed by atoms with Gasteiger partial charge in [-0.1, -0.05) is 152 Å². The summed E-state index contributed by atoms with van der Waals surface area (Å²) < 4.78 is 35.5.